The number of amides is 2. The molecule has 1 aromatic rings. The molecule has 24 heavy (non-hydrogen) atoms. The van der Waals surface area contributed by atoms with Crippen LogP contribution in [0.5, 0.6) is 0 Å². The van der Waals surface area contributed by atoms with Gasteiger partial charge in [0.15, 0.2) is 23.0 Å². The second kappa shape index (κ2) is 6.97. The molecule has 3 heterocycles. The summed E-state index contributed by atoms with van der Waals surface area (Å²) in [7, 11) is 0. The van der Waals surface area contributed by atoms with Crippen LogP contribution in [-0.4, -0.2) is 74.1 Å². The molecule has 3 rings (SSSR count). The second-order valence-corrected chi connectivity index (χ2v) is 5.77. The molecule has 2 fully saturated rings. The van der Waals surface area contributed by atoms with Gasteiger partial charge in [-0.05, 0) is 0 Å². The van der Waals surface area contributed by atoms with Crippen molar-refractivity contribution in [1.29, 1.82) is 0 Å². The predicted octanol–water partition coefficient (Wildman–Crippen LogP) is -2.51. The number of piperazine rings is 2. The number of carbonyl (C=O) groups excluding carboxylic acids is 2. The van der Waals surface area contributed by atoms with Crippen molar-refractivity contribution in [3.63, 3.8) is 0 Å². The molecular weight excluding hydrogens is 312 g/mol. The first kappa shape index (κ1) is 16.4. The maximum Gasteiger partial charge on any atom is 0.271 e. The van der Waals surface area contributed by atoms with Gasteiger partial charge in [0.1, 0.15) is 0 Å². The number of carbonyl (C=O) groups is 2. The van der Waals surface area contributed by atoms with E-state index in [1.165, 1.54) is 0 Å². The topological polar surface area (TPSA) is 142 Å². The first-order valence-electron chi connectivity index (χ1n) is 8.01. The number of anilines is 2. The summed E-state index contributed by atoms with van der Waals surface area (Å²) in [6, 6.07) is 0. The third-order valence-corrected chi connectivity index (χ3v) is 4.16. The highest BCUT2D eigenvalue weighted by molar-refractivity contribution is 6.00. The first-order valence-corrected chi connectivity index (χ1v) is 8.01. The molecule has 0 radical (unpaired) electrons. The molecule has 0 atom stereocenters. The van der Waals surface area contributed by atoms with Crippen LogP contribution in [0.25, 0.3) is 0 Å². The molecule has 6 N–H and O–H groups in total. The molecule has 2 amide bonds. The van der Waals surface area contributed by atoms with Crippen molar-refractivity contribution in [2.75, 3.05) is 62.2 Å². The van der Waals surface area contributed by atoms with Crippen molar-refractivity contribution in [3.05, 3.63) is 11.4 Å². The zero-order valence-corrected chi connectivity index (χ0v) is 13.4. The van der Waals surface area contributed by atoms with E-state index in [0.29, 0.717) is 37.8 Å². The Kier molecular flexibility index (Phi) is 4.76. The van der Waals surface area contributed by atoms with Crippen LogP contribution in [0.3, 0.4) is 0 Å². The average Bonchev–Trinajstić information content (AvgIpc) is 2.62. The number of nitrogens with zero attached hydrogens (tertiary/aromatic N) is 4. The van der Waals surface area contributed by atoms with Gasteiger partial charge in [-0.1, -0.05) is 0 Å². The van der Waals surface area contributed by atoms with Gasteiger partial charge in [0.25, 0.3) is 11.8 Å². The Labute approximate surface area is 139 Å². The van der Waals surface area contributed by atoms with Gasteiger partial charge in [-0.3, -0.25) is 9.59 Å². The highest BCUT2D eigenvalue weighted by atomic mass is 16.1. The molecule has 0 aromatic carbocycles. The van der Waals surface area contributed by atoms with Crippen LogP contribution < -0.4 is 31.9 Å². The molecule has 2 saturated heterocycles. The van der Waals surface area contributed by atoms with E-state index in [-0.39, 0.29) is 11.4 Å². The highest BCUT2D eigenvalue weighted by Gasteiger charge is 2.27. The second-order valence-electron chi connectivity index (χ2n) is 5.77. The SMILES string of the molecule is NC(=O)c1nc(N2CCNCC2)c(C(N)=O)nc1N1CCNCC1. The van der Waals surface area contributed by atoms with E-state index in [1.807, 2.05) is 9.80 Å². The summed E-state index contributed by atoms with van der Waals surface area (Å²) in [5.74, 6) is -0.666. The van der Waals surface area contributed by atoms with E-state index in [9.17, 15) is 9.59 Å². The van der Waals surface area contributed by atoms with Crippen molar-refractivity contribution in [3.8, 4) is 0 Å². The van der Waals surface area contributed by atoms with Crippen molar-refractivity contribution in [2.45, 2.75) is 0 Å². The fraction of sp³-hybridized carbons (Fsp3) is 0.571. The summed E-state index contributed by atoms with van der Waals surface area (Å²) >= 11 is 0. The molecule has 2 aliphatic heterocycles. The predicted molar refractivity (Wildman–Crippen MR) is 89.2 cm³/mol. The third kappa shape index (κ3) is 3.24. The van der Waals surface area contributed by atoms with E-state index < -0.39 is 11.8 Å². The van der Waals surface area contributed by atoms with E-state index in [4.69, 9.17) is 11.5 Å². The van der Waals surface area contributed by atoms with Gasteiger partial charge in [0.05, 0.1) is 0 Å². The van der Waals surface area contributed by atoms with Gasteiger partial charge >= 0.3 is 0 Å². The maximum atomic E-state index is 11.9. The zero-order chi connectivity index (χ0) is 17.1. The van der Waals surface area contributed by atoms with Gasteiger partial charge < -0.3 is 31.9 Å². The monoisotopic (exact) mass is 334 g/mol. The number of primary amides is 2. The maximum absolute atomic E-state index is 11.9. The fourth-order valence-electron chi connectivity index (χ4n) is 2.94. The molecule has 130 valence electrons. The lowest BCUT2D eigenvalue weighted by Crippen LogP contribution is -2.46. The van der Waals surface area contributed by atoms with Crippen molar-refractivity contribution >= 4 is 23.5 Å². The number of nitrogens with one attached hydrogen (secondary N) is 2. The molecular formula is C14H22N8O2. The Morgan fingerprint density at radius 3 is 1.38 bits per heavy atom. The summed E-state index contributed by atoms with van der Waals surface area (Å²) in [5.41, 5.74) is 11.2. The number of rotatable bonds is 4. The Hall–Kier alpha value is -2.46. The largest absolute Gasteiger partial charge is 0.364 e. The fourth-order valence-corrected chi connectivity index (χ4v) is 2.94. The van der Waals surface area contributed by atoms with Crippen LogP contribution in [0.15, 0.2) is 0 Å². The lowest BCUT2D eigenvalue weighted by Gasteiger charge is -2.32. The van der Waals surface area contributed by atoms with Crippen LogP contribution in [0.1, 0.15) is 21.0 Å². The van der Waals surface area contributed by atoms with Crippen LogP contribution in [0.4, 0.5) is 11.6 Å². The van der Waals surface area contributed by atoms with E-state index in [0.717, 1.165) is 26.2 Å². The molecule has 0 aliphatic carbocycles. The van der Waals surface area contributed by atoms with Crippen molar-refractivity contribution in [1.82, 2.24) is 20.6 Å². The summed E-state index contributed by atoms with van der Waals surface area (Å²) in [5, 5.41) is 6.44. The number of aromatic nitrogens is 2. The van der Waals surface area contributed by atoms with E-state index in [1.54, 1.807) is 0 Å². The molecule has 0 spiro atoms. The lowest BCUT2D eigenvalue weighted by atomic mass is 10.2. The first-order chi connectivity index (χ1) is 11.6. The molecule has 0 unspecified atom stereocenters. The molecule has 0 saturated carbocycles. The zero-order valence-electron chi connectivity index (χ0n) is 13.4. The van der Waals surface area contributed by atoms with Crippen LogP contribution in [0, 0.1) is 0 Å². The smallest absolute Gasteiger partial charge is 0.271 e. The Bertz CT molecular complexity index is 582. The molecule has 10 nitrogen and oxygen atoms in total. The Balaban J connectivity index is 2.07. The minimum atomic E-state index is -0.663. The average molecular weight is 334 g/mol. The van der Waals surface area contributed by atoms with Gasteiger partial charge in [0.2, 0.25) is 0 Å². The standard InChI is InChI=1S/C14H22N8O2/c15-11(23)9-13(21-5-1-17-2-6-21)19-10(12(16)24)14(20-9)22-7-3-18-4-8-22/h17-18H,1-8H2,(H2,15,23)(H2,16,24). The minimum absolute atomic E-state index is 0.0791. The molecule has 10 heteroatoms. The Morgan fingerprint density at radius 2 is 1.08 bits per heavy atom. The van der Waals surface area contributed by atoms with Crippen molar-refractivity contribution in [2.24, 2.45) is 11.5 Å². The minimum Gasteiger partial charge on any atom is -0.364 e. The molecule has 1 aromatic heterocycles. The third-order valence-electron chi connectivity index (χ3n) is 4.16. The highest BCUT2D eigenvalue weighted by Crippen LogP contribution is 2.24. The number of hydrogen-bond donors (Lipinski definition) is 4. The lowest BCUT2D eigenvalue weighted by molar-refractivity contribution is 0.0981. The summed E-state index contributed by atoms with van der Waals surface area (Å²) < 4.78 is 0. The van der Waals surface area contributed by atoms with Crippen LogP contribution in [-0.2, 0) is 0 Å². The Morgan fingerprint density at radius 1 is 0.750 bits per heavy atom. The molecule has 2 aliphatic rings. The van der Waals surface area contributed by atoms with Gasteiger partial charge in [-0.2, -0.15) is 0 Å². The van der Waals surface area contributed by atoms with Crippen molar-refractivity contribution < 1.29 is 9.59 Å². The van der Waals surface area contributed by atoms with Gasteiger partial charge in [-0.15, -0.1) is 0 Å². The van der Waals surface area contributed by atoms with Gasteiger partial charge in [-0.25, -0.2) is 9.97 Å². The van der Waals surface area contributed by atoms with Crippen LogP contribution in [0.2, 0.25) is 0 Å². The van der Waals surface area contributed by atoms with Gasteiger partial charge in [0, 0.05) is 52.4 Å². The van der Waals surface area contributed by atoms with E-state index >= 15 is 0 Å². The van der Waals surface area contributed by atoms with E-state index in [2.05, 4.69) is 20.6 Å². The quantitative estimate of drug-likeness (QED) is 0.473. The summed E-state index contributed by atoms with van der Waals surface area (Å²) in [6.45, 7) is 5.63. The number of nitrogens with two attached hydrogens (primary N) is 2. The molecule has 0 bridgehead atoms. The van der Waals surface area contributed by atoms with Crippen LogP contribution >= 0.6 is 0 Å². The summed E-state index contributed by atoms with van der Waals surface area (Å²) in [4.78, 5) is 36.4. The normalized spacial score (nSPS) is 18.5. The summed E-state index contributed by atoms with van der Waals surface area (Å²) in [6.07, 6.45) is 0. The number of hydrogen-bond acceptors (Lipinski definition) is 8.